The van der Waals surface area contributed by atoms with Crippen molar-refractivity contribution in [3.05, 3.63) is 0 Å². The van der Waals surface area contributed by atoms with Crippen LogP contribution in [0.4, 0.5) is 0 Å². The molecule has 0 bridgehead atoms. The zero-order valence-corrected chi connectivity index (χ0v) is 12.5. The normalized spacial score (nSPS) is 18.9. The third-order valence-corrected chi connectivity index (χ3v) is 3.47. The van der Waals surface area contributed by atoms with Gasteiger partial charge in [-0.3, -0.25) is 4.79 Å². The number of nitrogens with one attached hydrogen (secondary N) is 1. The second kappa shape index (κ2) is 6.36. The lowest BCUT2D eigenvalue weighted by Crippen LogP contribution is -2.47. The molecule has 0 aromatic rings. The quantitative estimate of drug-likeness (QED) is 0.807. The van der Waals surface area contributed by atoms with Crippen LogP contribution in [0.2, 0.25) is 0 Å². The number of carbonyl (C=O) groups is 1. The maximum absolute atomic E-state index is 12.3. The van der Waals surface area contributed by atoms with Crippen LogP contribution in [-0.4, -0.2) is 51.2 Å². The number of ether oxygens (including phenoxy) is 1. The molecule has 5 nitrogen and oxygen atoms in total. The second-order valence-electron chi connectivity index (χ2n) is 6.39. The van der Waals surface area contributed by atoms with Gasteiger partial charge in [-0.1, -0.05) is 13.8 Å². The highest BCUT2D eigenvalue weighted by Gasteiger charge is 2.40. The van der Waals surface area contributed by atoms with Gasteiger partial charge in [-0.25, -0.2) is 0 Å². The SMILES string of the molecule is CN(C)CC(C)(C)CNC(=O)C1(C#N)CCOCC1. The van der Waals surface area contributed by atoms with Crippen LogP contribution in [0.25, 0.3) is 0 Å². The largest absolute Gasteiger partial charge is 0.381 e. The molecule has 0 atom stereocenters. The van der Waals surface area contributed by atoms with Gasteiger partial charge in [-0.15, -0.1) is 0 Å². The van der Waals surface area contributed by atoms with Crippen molar-refractivity contribution in [2.75, 3.05) is 40.4 Å². The Morgan fingerprint density at radius 2 is 2.00 bits per heavy atom. The number of carbonyl (C=O) groups excluding carboxylic acids is 1. The Kier molecular flexibility index (Phi) is 5.33. The Balaban J connectivity index is 2.57. The third-order valence-electron chi connectivity index (χ3n) is 3.47. The van der Waals surface area contributed by atoms with Crippen LogP contribution in [0.5, 0.6) is 0 Å². The average molecular weight is 267 g/mol. The predicted molar refractivity (Wildman–Crippen MR) is 73.4 cm³/mol. The monoisotopic (exact) mass is 267 g/mol. The van der Waals surface area contributed by atoms with E-state index in [0.29, 0.717) is 32.6 Å². The zero-order valence-electron chi connectivity index (χ0n) is 12.5. The van der Waals surface area contributed by atoms with E-state index in [-0.39, 0.29) is 11.3 Å². The van der Waals surface area contributed by atoms with Crippen molar-refractivity contribution in [1.82, 2.24) is 10.2 Å². The highest BCUT2D eigenvalue weighted by Crippen LogP contribution is 2.30. The van der Waals surface area contributed by atoms with Crippen LogP contribution < -0.4 is 5.32 Å². The van der Waals surface area contributed by atoms with Crippen molar-refractivity contribution in [2.24, 2.45) is 10.8 Å². The topological polar surface area (TPSA) is 65.4 Å². The molecule has 1 aliphatic rings. The summed E-state index contributed by atoms with van der Waals surface area (Å²) in [4.78, 5) is 14.4. The van der Waals surface area contributed by atoms with Crippen molar-refractivity contribution in [1.29, 1.82) is 5.26 Å². The van der Waals surface area contributed by atoms with Crippen molar-refractivity contribution in [3.8, 4) is 6.07 Å². The van der Waals surface area contributed by atoms with Gasteiger partial charge in [-0.2, -0.15) is 5.26 Å². The highest BCUT2D eigenvalue weighted by molar-refractivity contribution is 5.85. The molecule has 1 heterocycles. The molecule has 0 aromatic heterocycles. The first-order valence-corrected chi connectivity index (χ1v) is 6.73. The number of rotatable bonds is 5. The Hall–Kier alpha value is -1.12. The average Bonchev–Trinajstić information content (AvgIpc) is 2.35. The lowest BCUT2D eigenvalue weighted by Gasteiger charge is -2.32. The van der Waals surface area contributed by atoms with E-state index in [2.05, 4.69) is 30.1 Å². The van der Waals surface area contributed by atoms with Crippen LogP contribution >= 0.6 is 0 Å². The fourth-order valence-electron chi connectivity index (χ4n) is 2.51. The van der Waals surface area contributed by atoms with Crippen LogP contribution in [0.1, 0.15) is 26.7 Å². The molecule has 5 heteroatoms. The number of hydrogen-bond donors (Lipinski definition) is 1. The fourth-order valence-corrected chi connectivity index (χ4v) is 2.51. The number of nitriles is 1. The maximum atomic E-state index is 12.3. The molecule has 1 saturated heterocycles. The summed E-state index contributed by atoms with van der Waals surface area (Å²) in [5.41, 5.74) is -0.909. The molecule has 19 heavy (non-hydrogen) atoms. The first kappa shape index (κ1) is 15.9. The van der Waals surface area contributed by atoms with Gasteiger partial charge in [0.05, 0.1) is 6.07 Å². The smallest absolute Gasteiger partial charge is 0.240 e. The molecule has 0 saturated carbocycles. The van der Waals surface area contributed by atoms with Crippen molar-refractivity contribution >= 4 is 5.91 Å². The minimum absolute atomic E-state index is 0.0129. The summed E-state index contributed by atoms with van der Waals surface area (Å²) in [5.74, 6) is -0.148. The van der Waals surface area contributed by atoms with Gasteiger partial charge < -0.3 is 15.0 Å². The molecule has 0 aliphatic carbocycles. The van der Waals surface area contributed by atoms with E-state index in [9.17, 15) is 10.1 Å². The molecule has 1 N–H and O–H groups in total. The number of hydrogen-bond acceptors (Lipinski definition) is 4. The van der Waals surface area contributed by atoms with Gasteiger partial charge in [0.15, 0.2) is 0 Å². The lowest BCUT2D eigenvalue weighted by molar-refractivity contribution is -0.132. The first-order valence-electron chi connectivity index (χ1n) is 6.73. The molecule has 1 aliphatic heterocycles. The zero-order chi connectivity index (χ0) is 14.5. The molecular formula is C14H25N3O2. The van der Waals surface area contributed by atoms with Crippen LogP contribution in [0, 0.1) is 22.2 Å². The van der Waals surface area contributed by atoms with E-state index in [1.165, 1.54) is 0 Å². The maximum Gasteiger partial charge on any atom is 0.240 e. The Morgan fingerprint density at radius 3 is 2.47 bits per heavy atom. The van der Waals surface area contributed by atoms with E-state index in [1.807, 2.05) is 14.1 Å². The van der Waals surface area contributed by atoms with Gasteiger partial charge >= 0.3 is 0 Å². The predicted octanol–water partition coefficient (Wildman–Crippen LogP) is 1.01. The molecule has 1 fully saturated rings. The van der Waals surface area contributed by atoms with E-state index < -0.39 is 5.41 Å². The first-order chi connectivity index (χ1) is 8.81. The highest BCUT2D eigenvalue weighted by atomic mass is 16.5. The van der Waals surface area contributed by atoms with Gasteiger partial charge in [0.25, 0.3) is 0 Å². The van der Waals surface area contributed by atoms with Crippen LogP contribution in [0.3, 0.4) is 0 Å². The summed E-state index contributed by atoms with van der Waals surface area (Å²) < 4.78 is 5.24. The Labute approximate surface area is 115 Å². The molecule has 1 amide bonds. The van der Waals surface area contributed by atoms with E-state index in [4.69, 9.17) is 4.74 Å². The standard InChI is InChI=1S/C14H25N3O2/c1-13(2,11-17(3)4)10-16-12(18)14(9-15)5-7-19-8-6-14/h5-8,10-11H2,1-4H3,(H,16,18). The number of nitrogens with zero attached hydrogens (tertiary/aromatic N) is 2. The minimum atomic E-state index is -0.896. The summed E-state index contributed by atoms with van der Waals surface area (Å²) >= 11 is 0. The summed E-state index contributed by atoms with van der Waals surface area (Å²) in [6.07, 6.45) is 0.979. The molecular weight excluding hydrogens is 242 g/mol. The van der Waals surface area contributed by atoms with Gasteiger partial charge in [0.1, 0.15) is 5.41 Å². The summed E-state index contributed by atoms with van der Waals surface area (Å²) in [5, 5.41) is 12.3. The van der Waals surface area contributed by atoms with Gasteiger partial charge in [0, 0.05) is 26.3 Å². The van der Waals surface area contributed by atoms with Crippen LogP contribution in [0.15, 0.2) is 0 Å². The molecule has 0 aromatic carbocycles. The summed E-state index contributed by atoms with van der Waals surface area (Å²) in [6.45, 7) is 6.65. The third kappa shape index (κ3) is 4.48. The van der Waals surface area contributed by atoms with E-state index >= 15 is 0 Å². The summed E-state index contributed by atoms with van der Waals surface area (Å²) in [6, 6.07) is 2.19. The molecule has 1 rings (SSSR count). The Morgan fingerprint density at radius 1 is 1.42 bits per heavy atom. The lowest BCUT2D eigenvalue weighted by atomic mass is 9.80. The number of amides is 1. The molecule has 0 spiro atoms. The van der Waals surface area contributed by atoms with Crippen molar-refractivity contribution < 1.29 is 9.53 Å². The van der Waals surface area contributed by atoms with Crippen LogP contribution in [-0.2, 0) is 9.53 Å². The fraction of sp³-hybridized carbons (Fsp3) is 0.857. The molecule has 108 valence electrons. The summed E-state index contributed by atoms with van der Waals surface area (Å²) in [7, 11) is 4.03. The second-order valence-corrected chi connectivity index (χ2v) is 6.39. The van der Waals surface area contributed by atoms with Crippen molar-refractivity contribution in [3.63, 3.8) is 0 Å². The van der Waals surface area contributed by atoms with Gasteiger partial charge in [-0.05, 0) is 32.4 Å². The van der Waals surface area contributed by atoms with E-state index in [1.54, 1.807) is 0 Å². The van der Waals surface area contributed by atoms with E-state index in [0.717, 1.165) is 6.54 Å². The van der Waals surface area contributed by atoms with Gasteiger partial charge in [0.2, 0.25) is 5.91 Å². The molecule has 0 radical (unpaired) electrons. The minimum Gasteiger partial charge on any atom is -0.381 e. The molecule has 0 unspecified atom stereocenters. The Bertz CT molecular complexity index is 352. The van der Waals surface area contributed by atoms with Crippen molar-refractivity contribution in [2.45, 2.75) is 26.7 Å².